The highest BCUT2D eigenvalue weighted by atomic mass is 16.5. The Labute approximate surface area is 71.8 Å². The number of methoxy groups -OCH3 is 1. The quantitative estimate of drug-likeness (QED) is 0.720. The van der Waals surface area contributed by atoms with Crippen molar-refractivity contribution in [2.45, 2.75) is 19.4 Å². The zero-order valence-corrected chi connectivity index (χ0v) is 7.83. The van der Waals surface area contributed by atoms with Crippen molar-refractivity contribution >= 4 is 0 Å². The maximum atomic E-state index is 9.11. The Balaban J connectivity index is 3.09. The Morgan fingerprint density at radius 3 is 2.50 bits per heavy atom. The van der Waals surface area contributed by atoms with Gasteiger partial charge in [0, 0.05) is 14.2 Å². The number of aryl methyl sites for hydroxylation is 1. The van der Waals surface area contributed by atoms with Crippen LogP contribution in [0.1, 0.15) is 19.7 Å². The number of nitrogens with zero attached hydrogens (tertiary/aromatic N) is 2. The van der Waals surface area contributed by atoms with Crippen LogP contribution in [0.15, 0.2) is 6.20 Å². The maximum absolute atomic E-state index is 9.11. The van der Waals surface area contributed by atoms with Crippen molar-refractivity contribution in [1.82, 2.24) is 9.55 Å². The SMILES string of the molecule is COC(C)(C)c1nc(O)cn1C. The molecule has 68 valence electrons. The molecule has 0 aliphatic heterocycles. The zero-order chi connectivity index (χ0) is 9.35. The van der Waals surface area contributed by atoms with Gasteiger partial charge in [-0.25, -0.2) is 0 Å². The van der Waals surface area contributed by atoms with Gasteiger partial charge in [0.25, 0.3) is 0 Å². The highest BCUT2D eigenvalue weighted by Gasteiger charge is 2.25. The van der Waals surface area contributed by atoms with Crippen LogP contribution in [0.5, 0.6) is 5.88 Å². The lowest BCUT2D eigenvalue weighted by atomic mass is 10.1. The molecule has 0 radical (unpaired) electrons. The first-order chi connectivity index (χ1) is 5.47. The third-order valence-corrected chi connectivity index (χ3v) is 1.91. The standard InChI is InChI=1S/C8H14N2O2/c1-8(2,12-4)7-9-6(11)5-10(7)3/h5,11H,1-4H3. The number of aromatic hydroxyl groups is 1. The van der Waals surface area contributed by atoms with E-state index in [4.69, 9.17) is 9.84 Å². The summed E-state index contributed by atoms with van der Waals surface area (Å²) >= 11 is 0. The third kappa shape index (κ3) is 1.43. The molecule has 1 N–H and O–H groups in total. The van der Waals surface area contributed by atoms with Crippen molar-refractivity contribution in [3.63, 3.8) is 0 Å². The molecule has 0 spiro atoms. The van der Waals surface area contributed by atoms with Crippen LogP contribution in [-0.4, -0.2) is 21.8 Å². The van der Waals surface area contributed by atoms with Crippen LogP contribution >= 0.6 is 0 Å². The van der Waals surface area contributed by atoms with Crippen molar-refractivity contribution < 1.29 is 9.84 Å². The van der Waals surface area contributed by atoms with Gasteiger partial charge in [0.05, 0.1) is 6.20 Å². The molecular formula is C8H14N2O2. The fourth-order valence-corrected chi connectivity index (χ4v) is 1.10. The summed E-state index contributed by atoms with van der Waals surface area (Å²) in [7, 11) is 3.44. The van der Waals surface area contributed by atoms with Gasteiger partial charge in [0.2, 0.25) is 5.88 Å². The molecule has 1 aromatic heterocycles. The van der Waals surface area contributed by atoms with Crippen molar-refractivity contribution in [3.05, 3.63) is 12.0 Å². The Morgan fingerprint density at radius 1 is 1.58 bits per heavy atom. The lowest BCUT2D eigenvalue weighted by molar-refractivity contribution is 0.00911. The van der Waals surface area contributed by atoms with Gasteiger partial charge < -0.3 is 14.4 Å². The highest BCUT2D eigenvalue weighted by molar-refractivity contribution is 5.12. The van der Waals surface area contributed by atoms with Crippen molar-refractivity contribution in [1.29, 1.82) is 0 Å². The number of hydrogen-bond acceptors (Lipinski definition) is 3. The molecule has 0 saturated heterocycles. The molecule has 4 heteroatoms. The van der Waals surface area contributed by atoms with E-state index in [1.54, 1.807) is 17.9 Å². The summed E-state index contributed by atoms with van der Waals surface area (Å²) in [5.41, 5.74) is -0.463. The van der Waals surface area contributed by atoms with E-state index in [9.17, 15) is 0 Å². The Kier molecular flexibility index (Phi) is 2.10. The van der Waals surface area contributed by atoms with Gasteiger partial charge in [0.15, 0.2) is 0 Å². The summed E-state index contributed by atoms with van der Waals surface area (Å²) in [4.78, 5) is 3.95. The highest BCUT2D eigenvalue weighted by Crippen LogP contribution is 2.23. The molecule has 0 bridgehead atoms. The largest absolute Gasteiger partial charge is 0.492 e. The minimum absolute atomic E-state index is 0.0256. The Morgan fingerprint density at radius 2 is 2.17 bits per heavy atom. The van der Waals surface area contributed by atoms with Gasteiger partial charge in [-0.2, -0.15) is 4.98 Å². The lowest BCUT2D eigenvalue weighted by Gasteiger charge is -2.21. The molecule has 1 rings (SSSR count). The van der Waals surface area contributed by atoms with Gasteiger partial charge >= 0.3 is 0 Å². The van der Waals surface area contributed by atoms with Crippen LogP contribution < -0.4 is 0 Å². The summed E-state index contributed by atoms with van der Waals surface area (Å²) in [5, 5.41) is 9.11. The normalized spacial score (nSPS) is 12.0. The second-order valence-electron chi connectivity index (χ2n) is 3.25. The van der Waals surface area contributed by atoms with E-state index in [2.05, 4.69) is 4.98 Å². The maximum Gasteiger partial charge on any atom is 0.229 e. The molecule has 0 amide bonds. The molecule has 4 nitrogen and oxygen atoms in total. The number of aromatic nitrogens is 2. The average molecular weight is 170 g/mol. The number of rotatable bonds is 2. The van der Waals surface area contributed by atoms with E-state index < -0.39 is 5.60 Å². The fourth-order valence-electron chi connectivity index (χ4n) is 1.10. The first-order valence-electron chi connectivity index (χ1n) is 3.75. The van der Waals surface area contributed by atoms with Crippen LogP contribution in [-0.2, 0) is 17.4 Å². The first kappa shape index (κ1) is 9.06. The van der Waals surface area contributed by atoms with Crippen LogP contribution in [0.4, 0.5) is 0 Å². The van der Waals surface area contributed by atoms with E-state index in [1.807, 2.05) is 20.9 Å². The van der Waals surface area contributed by atoms with Gasteiger partial charge in [-0.15, -0.1) is 0 Å². The molecule has 0 fully saturated rings. The molecule has 0 aromatic carbocycles. The van der Waals surface area contributed by atoms with Crippen molar-refractivity contribution in [2.24, 2.45) is 7.05 Å². The molecule has 1 heterocycles. The van der Waals surface area contributed by atoms with E-state index >= 15 is 0 Å². The fraction of sp³-hybridized carbons (Fsp3) is 0.625. The average Bonchev–Trinajstić information content (AvgIpc) is 2.31. The molecule has 1 aromatic rings. The zero-order valence-electron chi connectivity index (χ0n) is 7.83. The predicted molar refractivity (Wildman–Crippen MR) is 44.9 cm³/mol. The van der Waals surface area contributed by atoms with Crippen LogP contribution in [0, 0.1) is 0 Å². The van der Waals surface area contributed by atoms with Gasteiger partial charge in [-0.05, 0) is 13.8 Å². The molecule has 12 heavy (non-hydrogen) atoms. The van der Waals surface area contributed by atoms with Gasteiger partial charge in [-0.3, -0.25) is 0 Å². The second kappa shape index (κ2) is 2.79. The molecule has 0 aliphatic carbocycles. The smallest absolute Gasteiger partial charge is 0.229 e. The Hall–Kier alpha value is -1.03. The van der Waals surface area contributed by atoms with Crippen LogP contribution in [0.2, 0.25) is 0 Å². The summed E-state index contributed by atoms with van der Waals surface area (Å²) in [6.07, 6.45) is 1.55. The molecule has 0 saturated carbocycles. The summed E-state index contributed by atoms with van der Waals surface area (Å²) in [6.45, 7) is 3.80. The number of imidazole rings is 1. The monoisotopic (exact) mass is 170 g/mol. The van der Waals surface area contributed by atoms with Crippen molar-refractivity contribution in [2.75, 3.05) is 7.11 Å². The topological polar surface area (TPSA) is 47.3 Å². The van der Waals surface area contributed by atoms with Crippen LogP contribution in [0.25, 0.3) is 0 Å². The third-order valence-electron chi connectivity index (χ3n) is 1.91. The van der Waals surface area contributed by atoms with E-state index in [0.29, 0.717) is 5.82 Å². The first-order valence-corrected chi connectivity index (χ1v) is 3.75. The van der Waals surface area contributed by atoms with Gasteiger partial charge in [-0.1, -0.05) is 0 Å². The number of ether oxygens (including phenoxy) is 1. The van der Waals surface area contributed by atoms with Gasteiger partial charge in [0.1, 0.15) is 11.4 Å². The van der Waals surface area contributed by atoms with E-state index in [0.717, 1.165) is 0 Å². The molecule has 0 atom stereocenters. The summed E-state index contributed by atoms with van der Waals surface area (Å²) < 4.78 is 6.97. The van der Waals surface area contributed by atoms with Crippen LogP contribution in [0.3, 0.4) is 0 Å². The Bertz CT molecular complexity index is 279. The van der Waals surface area contributed by atoms with E-state index in [-0.39, 0.29) is 5.88 Å². The molecule has 0 aliphatic rings. The lowest BCUT2D eigenvalue weighted by Crippen LogP contribution is -2.23. The van der Waals surface area contributed by atoms with E-state index in [1.165, 1.54) is 0 Å². The van der Waals surface area contributed by atoms with Crippen molar-refractivity contribution in [3.8, 4) is 5.88 Å². The summed E-state index contributed by atoms with van der Waals surface area (Å²) in [6, 6.07) is 0. The predicted octanol–water partition coefficient (Wildman–Crippen LogP) is 1.01. The minimum atomic E-state index is -0.463. The number of hydrogen-bond donors (Lipinski definition) is 1. The second-order valence-corrected chi connectivity index (χ2v) is 3.25. The molecular weight excluding hydrogens is 156 g/mol. The molecule has 0 unspecified atom stereocenters. The minimum Gasteiger partial charge on any atom is -0.492 e. The summed E-state index contributed by atoms with van der Waals surface area (Å²) in [5.74, 6) is 0.736.